The van der Waals surface area contributed by atoms with Gasteiger partial charge in [0, 0.05) is 6.20 Å². The van der Waals surface area contributed by atoms with Gasteiger partial charge in [0.05, 0.1) is 12.2 Å². The summed E-state index contributed by atoms with van der Waals surface area (Å²) in [5, 5.41) is 17.8. The Balaban J connectivity index is 3.77. The van der Waals surface area contributed by atoms with E-state index in [1.807, 2.05) is 0 Å². The van der Waals surface area contributed by atoms with Gasteiger partial charge < -0.3 is 15.1 Å². The Kier molecular flexibility index (Phi) is 6.96. The quantitative estimate of drug-likeness (QED) is 0.244. The van der Waals surface area contributed by atoms with Crippen molar-refractivity contribution in [3.05, 3.63) is 40.4 Å². The molecule has 0 amide bonds. The minimum Gasteiger partial charge on any atom is -0.477 e. The van der Waals surface area contributed by atoms with Crippen LogP contribution in [0.25, 0.3) is 0 Å². The zero-order valence-electron chi connectivity index (χ0n) is 13.6. The van der Waals surface area contributed by atoms with E-state index in [9.17, 15) is 27.2 Å². The molecule has 1 rings (SSSR count). The molecule has 0 unspecified atom stereocenters. The summed E-state index contributed by atoms with van der Waals surface area (Å²) in [7, 11) is 0. The van der Waals surface area contributed by atoms with Gasteiger partial charge in [-0.25, -0.2) is 27.2 Å². The molecule has 0 bridgehead atoms. The summed E-state index contributed by atoms with van der Waals surface area (Å²) in [6.07, 6.45) is 0.550. The maximum absolute atomic E-state index is 14.3. The lowest BCUT2D eigenvalue weighted by Crippen LogP contribution is -2.27. The van der Waals surface area contributed by atoms with Gasteiger partial charge in [0.15, 0.2) is 23.0 Å². The number of anilines is 1. The molecule has 0 radical (unpaired) electrons. The first-order chi connectivity index (χ1) is 11.7. The molecule has 0 aliphatic rings. The summed E-state index contributed by atoms with van der Waals surface area (Å²) in [5.74, 6) is -8.47. The number of benzene rings is 1. The van der Waals surface area contributed by atoms with Gasteiger partial charge in [-0.15, -0.1) is 0 Å². The Hall–Kier alpha value is -2.58. The van der Waals surface area contributed by atoms with Gasteiger partial charge in [-0.2, -0.15) is 0 Å². The summed E-state index contributed by atoms with van der Waals surface area (Å²) in [4.78, 5) is 22.6. The van der Waals surface area contributed by atoms with E-state index in [1.54, 1.807) is 0 Å². The van der Waals surface area contributed by atoms with Crippen LogP contribution in [0.15, 0.2) is 11.8 Å². The topological polar surface area (TPSA) is 77.8 Å². The Labute approximate surface area is 141 Å². The summed E-state index contributed by atoms with van der Waals surface area (Å²) in [6.45, 7) is 1.30. The maximum Gasteiger partial charge on any atom is 0.344 e. The Morgan fingerprint density at radius 1 is 0.960 bits per heavy atom. The Bertz CT molecular complexity index is 703. The number of hydrogen-bond donors (Lipinski definition) is 2. The standard InChI is InChI=1S/C16H17F4NO4/c1-3-8-9(4-2)14(13(20)12(19)11(8)18)21(6-5-17)7-10(15(22)23)16(24)25/h7H,3-6H2,1-2H3,(H,22,23)(H,24,25). The van der Waals surface area contributed by atoms with Crippen LogP contribution in [0.5, 0.6) is 0 Å². The van der Waals surface area contributed by atoms with E-state index in [4.69, 9.17) is 10.2 Å². The van der Waals surface area contributed by atoms with Gasteiger partial charge in [0.1, 0.15) is 6.67 Å². The first-order valence-corrected chi connectivity index (χ1v) is 7.40. The minimum atomic E-state index is -1.84. The molecule has 0 aromatic heterocycles. The second-order valence-corrected chi connectivity index (χ2v) is 4.99. The zero-order valence-corrected chi connectivity index (χ0v) is 13.6. The predicted octanol–water partition coefficient (Wildman–Crippen LogP) is 3.06. The van der Waals surface area contributed by atoms with Crippen LogP contribution < -0.4 is 4.90 Å². The normalized spacial score (nSPS) is 10.5. The molecule has 0 saturated carbocycles. The van der Waals surface area contributed by atoms with Crippen LogP contribution in [0.3, 0.4) is 0 Å². The molecule has 25 heavy (non-hydrogen) atoms. The van der Waals surface area contributed by atoms with Crippen LogP contribution in [0.4, 0.5) is 23.2 Å². The van der Waals surface area contributed by atoms with Crippen molar-refractivity contribution >= 4 is 17.6 Å². The average molecular weight is 363 g/mol. The molecular weight excluding hydrogens is 346 g/mol. The molecule has 0 heterocycles. The maximum atomic E-state index is 14.3. The summed E-state index contributed by atoms with van der Waals surface area (Å²) in [5.41, 5.74) is -1.87. The Morgan fingerprint density at radius 2 is 1.48 bits per heavy atom. The van der Waals surface area contributed by atoms with Crippen LogP contribution in [0.2, 0.25) is 0 Å². The molecule has 2 N–H and O–H groups in total. The monoisotopic (exact) mass is 363 g/mol. The van der Waals surface area contributed by atoms with Crippen molar-refractivity contribution in [3.8, 4) is 0 Å². The molecule has 1 aromatic rings. The zero-order chi connectivity index (χ0) is 19.3. The predicted molar refractivity (Wildman–Crippen MR) is 81.7 cm³/mol. The summed E-state index contributed by atoms with van der Waals surface area (Å²) < 4.78 is 55.0. The lowest BCUT2D eigenvalue weighted by molar-refractivity contribution is -0.140. The molecule has 138 valence electrons. The highest BCUT2D eigenvalue weighted by Gasteiger charge is 2.27. The third kappa shape index (κ3) is 4.09. The molecular formula is C16H17F4NO4. The molecule has 0 atom stereocenters. The van der Waals surface area contributed by atoms with E-state index in [2.05, 4.69) is 0 Å². The Morgan fingerprint density at radius 3 is 1.88 bits per heavy atom. The molecule has 0 spiro atoms. The number of nitrogens with zero attached hydrogens (tertiary/aromatic N) is 1. The van der Waals surface area contributed by atoms with Gasteiger partial charge in [-0.05, 0) is 24.0 Å². The second kappa shape index (κ2) is 8.50. The van der Waals surface area contributed by atoms with Crippen LogP contribution in [0, 0.1) is 17.5 Å². The number of carboxylic acids is 2. The molecule has 0 fully saturated rings. The number of aliphatic carboxylic acids is 2. The summed E-state index contributed by atoms with van der Waals surface area (Å²) in [6, 6.07) is 0. The number of hydrogen-bond acceptors (Lipinski definition) is 3. The van der Waals surface area contributed by atoms with Crippen molar-refractivity contribution in [1.82, 2.24) is 0 Å². The number of alkyl halides is 1. The van der Waals surface area contributed by atoms with Crippen molar-refractivity contribution in [3.63, 3.8) is 0 Å². The molecule has 5 nitrogen and oxygen atoms in total. The number of rotatable bonds is 8. The fourth-order valence-corrected chi connectivity index (χ4v) is 2.48. The van der Waals surface area contributed by atoms with Gasteiger partial charge in [-0.1, -0.05) is 13.8 Å². The highest BCUT2D eigenvalue weighted by Crippen LogP contribution is 2.33. The fourth-order valence-electron chi connectivity index (χ4n) is 2.48. The SMILES string of the molecule is CCc1c(F)c(F)c(F)c(N(C=C(C(=O)O)C(=O)O)CCF)c1CC. The lowest BCUT2D eigenvalue weighted by Gasteiger charge is -2.25. The molecule has 9 heteroatoms. The van der Waals surface area contributed by atoms with Crippen molar-refractivity contribution in [2.75, 3.05) is 18.1 Å². The van der Waals surface area contributed by atoms with E-state index < -0.39 is 53.9 Å². The highest BCUT2D eigenvalue weighted by atomic mass is 19.2. The van der Waals surface area contributed by atoms with E-state index in [-0.39, 0.29) is 24.0 Å². The number of halogens is 4. The van der Waals surface area contributed by atoms with Gasteiger partial charge in [-0.3, -0.25) is 0 Å². The van der Waals surface area contributed by atoms with E-state index in [0.717, 1.165) is 0 Å². The molecule has 1 aromatic carbocycles. The highest BCUT2D eigenvalue weighted by molar-refractivity contribution is 6.12. The van der Waals surface area contributed by atoms with E-state index >= 15 is 0 Å². The average Bonchev–Trinajstić information content (AvgIpc) is 2.55. The van der Waals surface area contributed by atoms with Crippen LogP contribution in [0.1, 0.15) is 25.0 Å². The van der Waals surface area contributed by atoms with Crippen molar-refractivity contribution in [1.29, 1.82) is 0 Å². The third-order valence-electron chi connectivity index (χ3n) is 3.57. The van der Waals surface area contributed by atoms with Crippen LogP contribution in [-0.2, 0) is 22.4 Å². The minimum absolute atomic E-state index is 0.0110. The van der Waals surface area contributed by atoms with Crippen LogP contribution >= 0.6 is 0 Å². The van der Waals surface area contributed by atoms with E-state index in [0.29, 0.717) is 11.1 Å². The number of carbonyl (C=O) groups is 2. The van der Waals surface area contributed by atoms with Crippen LogP contribution in [-0.4, -0.2) is 35.4 Å². The summed E-state index contributed by atoms with van der Waals surface area (Å²) >= 11 is 0. The van der Waals surface area contributed by atoms with Gasteiger partial charge in [0.2, 0.25) is 0 Å². The second-order valence-electron chi connectivity index (χ2n) is 4.99. The lowest BCUT2D eigenvalue weighted by atomic mass is 9.98. The van der Waals surface area contributed by atoms with Crippen molar-refractivity contribution in [2.24, 2.45) is 0 Å². The molecule has 0 saturated heterocycles. The van der Waals surface area contributed by atoms with Gasteiger partial charge >= 0.3 is 11.9 Å². The fraction of sp³-hybridized carbons (Fsp3) is 0.375. The van der Waals surface area contributed by atoms with Crippen molar-refractivity contribution in [2.45, 2.75) is 26.7 Å². The van der Waals surface area contributed by atoms with Gasteiger partial charge in [0.25, 0.3) is 0 Å². The third-order valence-corrected chi connectivity index (χ3v) is 3.57. The largest absolute Gasteiger partial charge is 0.477 e. The smallest absolute Gasteiger partial charge is 0.344 e. The van der Waals surface area contributed by atoms with E-state index in [1.165, 1.54) is 13.8 Å². The first kappa shape index (κ1) is 20.5. The number of carboxylic acid groups (broad SMARTS) is 2. The molecule has 0 aliphatic heterocycles. The molecule has 0 aliphatic carbocycles. The first-order valence-electron chi connectivity index (χ1n) is 7.40. The van der Waals surface area contributed by atoms with Crippen molar-refractivity contribution < 1.29 is 37.4 Å².